The zero-order valence-corrected chi connectivity index (χ0v) is 12.2. The average Bonchev–Trinajstić information content (AvgIpc) is 2.56. The van der Waals surface area contributed by atoms with E-state index in [1.54, 1.807) is 18.3 Å². The molecule has 2 aromatic carbocycles. The van der Waals surface area contributed by atoms with Gasteiger partial charge in [-0.3, -0.25) is 4.98 Å². The highest BCUT2D eigenvalue weighted by atomic mass is 16.4. The number of aryl methyl sites for hydroxylation is 1. The van der Waals surface area contributed by atoms with Crippen LogP contribution >= 0.6 is 0 Å². The normalized spacial score (nSPS) is 10.4. The van der Waals surface area contributed by atoms with Crippen molar-refractivity contribution in [1.82, 2.24) is 4.98 Å². The molecule has 0 saturated heterocycles. The largest absolute Gasteiger partial charge is 0.478 e. The highest BCUT2D eigenvalue weighted by Gasteiger charge is 2.10. The van der Waals surface area contributed by atoms with Gasteiger partial charge >= 0.3 is 5.97 Å². The van der Waals surface area contributed by atoms with E-state index in [0.29, 0.717) is 0 Å². The van der Waals surface area contributed by atoms with Crippen molar-refractivity contribution in [1.29, 1.82) is 0 Å². The highest BCUT2D eigenvalue weighted by molar-refractivity contribution is 5.91. The minimum Gasteiger partial charge on any atom is -0.478 e. The van der Waals surface area contributed by atoms with E-state index in [0.717, 1.165) is 27.9 Å². The van der Waals surface area contributed by atoms with E-state index in [-0.39, 0.29) is 5.56 Å². The van der Waals surface area contributed by atoms with Crippen LogP contribution in [0.25, 0.3) is 22.4 Å². The number of aromatic nitrogens is 1. The second-order valence-corrected chi connectivity index (χ2v) is 5.19. The van der Waals surface area contributed by atoms with Crippen molar-refractivity contribution in [3.63, 3.8) is 0 Å². The molecule has 0 amide bonds. The summed E-state index contributed by atoms with van der Waals surface area (Å²) in [5.41, 5.74) is 4.77. The van der Waals surface area contributed by atoms with Crippen molar-refractivity contribution in [3.8, 4) is 22.4 Å². The molecule has 0 atom stereocenters. The molecule has 0 aliphatic rings. The number of carboxylic acid groups (broad SMARTS) is 1. The number of rotatable bonds is 3. The molecule has 0 bridgehead atoms. The molecule has 1 heterocycles. The maximum atomic E-state index is 11.4. The number of nitrogens with zero attached hydrogens (tertiary/aromatic N) is 1. The second kappa shape index (κ2) is 5.82. The predicted octanol–water partition coefficient (Wildman–Crippen LogP) is 4.42. The Morgan fingerprint density at radius 2 is 1.64 bits per heavy atom. The van der Waals surface area contributed by atoms with Crippen LogP contribution in [-0.4, -0.2) is 16.1 Å². The van der Waals surface area contributed by atoms with Gasteiger partial charge in [-0.1, -0.05) is 36.4 Å². The van der Waals surface area contributed by atoms with Crippen LogP contribution in [-0.2, 0) is 0 Å². The molecule has 1 N–H and O–H groups in total. The van der Waals surface area contributed by atoms with Gasteiger partial charge in [0.15, 0.2) is 0 Å². The van der Waals surface area contributed by atoms with Crippen LogP contribution in [0.3, 0.4) is 0 Å². The zero-order chi connectivity index (χ0) is 15.5. The van der Waals surface area contributed by atoms with Crippen molar-refractivity contribution >= 4 is 5.97 Å². The first-order valence-electron chi connectivity index (χ1n) is 7.00. The molecule has 3 rings (SSSR count). The standard InChI is InChI=1S/C19H15NO2/c1-13-7-8-18(20-12-13)16-9-15(10-17(11-16)19(21)22)14-5-3-2-4-6-14/h2-12H,1H3,(H,21,22). The molecule has 0 saturated carbocycles. The third kappa shape index (κ3) is 2.88. The van der Waals surface area contributed by atoms with E-state index < -0.39 is 5.97 Å². The summed E-state index contributed by atoms with van der Waals surface area (Å²) in [5.74, 6) is -0.939. The summed E-state index contributed by atoms with van der Waals surface area (Å²) in [6.45, 7) is 1.97. The van der Waals surface area contributed by atoms with Crippen LogP contribution in [0.2, 0.25) is 0 Å². The maximum Gasteiger partial charge on any atom is 0.335 e. The Balaban J connectivity index is 2.16. The van der Waals surface area contributed by atoms with Crippen molar-refractivity contribution in [2.24, 2.45) is 0 Å². The van der Waals surface area contributed by atoms with E-state index in [4.69, 9.17) is 0 Å². The van der Waals surface area contributed by atoms with Crippen LogP contribution in [0.15, 0.2) is 66.9 Å². The Hall–Kier alpha value is -2.94. The van der Waals surface area contributed by atoms with Crippen LogP contribution < -0.4 is 0 Å². The first kappa shape index (κ1) is 14.0. The highest BCUT2D eigenvalue weighted by Crippen LogP contribution is 2.27. The molecule has 3 heteroatoms. The Labute approximate surface area is 128 Å². The summed E-state index contributed by atoms with van der Waals surface area (Å²) in [7, 11) is 0. The molecule has 22 heavy (non-hydrogen) atoms. The molecule has 0 spiro atoms. The maximum absolute atomic E-state index is 11.4. The summed E-state index contributed by atoms with van der Waals surface area (Å²) in [6.07, 6.45) is 1.78. The van der Waals surface area contributed by atoms with E-state index >= 15 is 0 Å². The fourth-order valence-electron chi connectivity index (χ4n) is 2.33. The van der Waals surface area contributed by atoms with Gasteiger partial charge in [-0.15, -0.1) is 0 Å². The lowest BCUT2D eigenvalue weighted by molar-refractivity contribution is 0.0697. The van der Waals surface area contributed by atoms with E-state index in [1.807, 2.05) is 55.5 Å². The lowest BCUT2D eigenvalue weighted by Gasteiger charge is -2.08. The summed E-state index contributed by atoms with van der Waals surface area (Å²) < 4.78 is 0. The van der Waals surface area contributed by atoms with Gasteiger partial charge in [0.25, 0.3) is 0 Å². The van der Waals surface area contributed by atoms with Gasteiger partial charge in [0.05, 0.1) is 11.3 Å². The molecule has 0 unspecified atom stereocenters. The Kier molecular flexibility index (Phi) is 3.71. The molecule has 108 valence electrons. The zero-order valence-electron chi connectivity index (χ0n) is 12.2. The Morgan fingerprint density at radius 1 is 0.909 bits per heavy atom. The predicted molar refractivity (Wildman–Crippen MR) is 86.8 cm³/mol. The van der Waals surface area contributed by atoms with Crippen LogP contribution in [0.5, 0.6) is 0 Å². The average molecular weight is 289 g/mol. The number of carboxylic acids is 1. The summed E-state index contributed by atoms with van der Waals surface area (Å²) in [6, 6.07) is 18.9. The molecular formula is C19H15NO2. The number of pyridine rings is 1. The van der Waals surface area contributed by atoms with Gasteiger partial charge in [-0.25, -0.2) is 4.79 Å². The Bertz CT molecular complexity index is 809. The van der Waals surface area contributed by atoms with Gasteiger partial charge in [0.1, 0.15) is 0 Å². The molecule has 3 aromatic rings. The van der Waals surface area contributed by atoms with E-state index in [9.17, 15) is 9.90 Å². The lowest BCUT2D eigenvalue weighted by atomic mass is 9.98. The van der Waals surface area contributed by atoms with Crippen molar-refractivity contribution in [2.75, 3.05) is 0 Å². The van der Waals surface area contributed by atoms with Crippen molar-refractivity contribution in [2.45, 2.75) is 6.92 Å². The number of hydrogen-bond donors (Lipinski definition) is 1. The fourth-order valence-corrected chi connectivity index (χ4v) is 2.33. The van der Waals surface area contributed by atoms with Gasteiger partial charge in [0.2, 0.25) is 0 Å². The van der Waals surface area contributed by atoms with Crippen LogP contribution in [0, 0.1) is 6.92 Å². The number of hydrogen-bond acceptors (Lipinski definition) is 2. The summed E-state index contributed by atoms with van der Waals surface area (Å²) in [4.78, 5) is 15.8. The third-order valence-electron chi connectivity index (χ3n) is 3.49. The first-order valence-corrected chi connectivity index (χ1v) is 7.00. The molecule has 1 aromatic heterocycles. The van der Waals surface area contributed by atoms with Crippen molar-refractivity contribution in [3.05, 3.63) is 78.0 Å². The smallest absolute Gasteiger partial charge is 0.335 e. The SMILES string of the molecule is Cc1ccc(-c2cc(C(=O)O)cc(-c3ccccc3)c2)nc1. The number of benzene rings is 2. The van der Waals surface area contributed by atoms with E-state index in [1.165, 1.54) is 0 Å². The van der Waals surface area contributed by atoms with Crippen LogP contribution in [0.1, 0.15) is 15.9 Å². The summed E-state index contributed by atoms with van der Waals surface area (Å²) in [5, 5.41) is 9.35. The first-order chi connectivity index (χ1) is 10.6. The minimum absolute atomic E-state index is 0.263. The van der Waals surface area contributed by atoms with Gasteiger partial charge < -0.3 is 5.11 Å². The number of carbonyl (C=O) groups is 1. The molecule has 0 radical (unpaired) electrons. The third-order valence-corrected chi connectivity index (χ3v) is 3.49. The van der Waals surface area contributed by atoms with Crippen molar-refractivity contribution < 1.29 is 9.90 Å². The fraction of sp³-hybridized carbons (Fsp3) is 0.0526. The molecular weight excluding hydrogens is 274 g/mol. The lowest BCUT2D eigenvalue weighted by Crippen LogP contribution is -1.98. The molecule has 0 aliphatic heterocycles. The monoisotopic (exact) mass is 289 g/mol. The quantitative estimate of drug-likeness (QED) is 0.776. The number of aromatic carboxylic acids is 1. The van der Waals surface area contributed by atoms with Gasteiger partial charge in [-0.05, 0) is 47.9 Å². The molecule has 0 aliphatic carbocycles. The Morgan fingerprint density at radius 3 is 2.27 bits per heavy atom. The van der Waals surface area contributed by atoms with Gasteiger partial charge in [0, 0.05) is 11.8 Å². The topological polar surface area (TPSA) is 50.2 Å². The second-order valence-electron chi connectivity index (χ2n) is 5.19. The molecule has 0 fully saturated rings. The minimum atomic E-state index is -0.939. The van der Waals surface area contributed by atoms with Gasteiger partial charge in [-0.2, -0.15) is 0 Å². The van der Waals surface area contributed by atoms with E-state index in [2.05, 4.69) is 4.98 Å². The molecule has 3 nitrogen and oxygen atoms in total. The van der Waals surface area contributed by atoms with Crippen LogP contribution in [0.4, 0.5) is 0 Å². The summed E-state index contributed by atoms with van der Waals surface area (Å²) >= 11 is 0.